The first-order valence-electron chi connectivity index (χ1n) is 9.81. The van der Waals surface area contributed by atoms with E-state index in [4.69, 9.17) is 9.47 Å². The van der Waals surface area contributed by atoms with Crippen molar-refractivity contribution in [1.82, 2.24) is 10.9 Å². The van der Waals surface area contributed by atoms with Crippen molar-refractivity contribution in [1.29, 1.82) is 0 Å². The number of carbonyl (C=O) groups excluding carboxylic acids is 2. The number of rotatable bonds is 7. The van der Waals surface area contributed by atoms with E-state index >= 15 is 0 Å². The fourth-order valence-corrected chi connectivity index (χ4v) is 2.92. The lowest BCUT2D eigenvalue weighted by Crippen LogP contribution is -2.43. The molecule has 162 valence electrons. The molecule has 0 aliphatic rings. The SMILES string of the molecule is CC(C)COc1ccc(C(=O)NNC(=O)COc2ccc(C(C)(C)C)cc2Br)cc1. The number of benzene rings is 2. The van der Waals surface area contributed by atoms with Crippen molar-refractivity contribution in [3.63, 3.8) is 0 Å². The smallest absolute Gasteiger partial charge is 0.276 e. The molecule has 2 rings (SSSR count). The predicted octanol–water partition coefficient (Wildman–Crippen LogP) is 4.62. The van der Waals surface area contributed by atoms with Gasteiger partial charge < -0.3 is 9.47 Å². The molecule has 2 aromatic carbocycles. The number of hydrogen-bond acceptors (Lipinski definition) is 4. The molecule has 0 fully saturated rings. The number of amides is 2. The van der Waals surface area contributed by atoms with Crippen LogP contribution in [0.2, 0.25) is 0 Å². The standard InChI is InChI=1S/C23H29BrN2O4/c1-15(2)13-29-18-9-6-16(7-10-18)22(28)26-25-21(27)14-30-20-11-8-17(12-19(20)24)23(3,4)5/h6-12,15H,13-14H2,1-5H3,(H,25,27)(H,26,28). The number of ether oxygens (including phenoxy) is 2. The van der Waals surface area contributed by atoms with Crippen LogP contribution in [-0.4, -0.2) is 25.0 Å². The quantitative estimate of drug-likeness (QED) is 0.571. The number of halogens is 1. The van der Waals surface area contributed by atoms with Gasteiger partial charge in [0, 0.05) is 5.56 Å². The lowest BCUT2D eigenvalue weighted by molar-refractivity contribution is -0.123. The average Bonchev–Trinajstić information content (AvgIpc) is 2.69. The van der Waals surface area contributed by atoms with E-state index in [-0.39, 0.29) is 12.0 Å². The molecule has 0 heterocycles. The van der Waals surface area contributed by atoms with Gasteiger partial charge in [-0.05, 0) is 69.2 Å². The summed E-state index contributed by atoms with van der Waals surface area (Å²) in [5.74, 6) is 0.783. The van der Waals surface area contributed by atoms with Crippen molar-refractivity contribution in [2.75, 3.05) is 13.2 Å². The second-order valence-electron chi connectivity index (χ2n) is 8.42. The lowest BCUT2D eigenvalue weighted by atomic mass is 9.87. The van der Waals surface area contributed by atoms with Crippen LogP contribution in [-0.2, 0) is 10.2 Å². The Kier molecular flexibility index (Phi) is 8.29. The minimum absolute atomic E-state index is 0.0153. The summed E-state index contributed by atoms with van der Waals surface area (Å²) in [6, 6.07) is 12.5. The molecular formula is C23H29BrN2O4. The van der Waals surface area contributed by atoms with Gasteiger partial charge in [-0.3, -0.25) is 20.4 Å². The van der Waals surface area contributed by atoms with E-state index < -0.39 is 11.8 Å². The Labute approximate surface area is 186 Å². The van der Waals surface area contributed by atoms with E-state index in [2.05, 4.69) is 61.4 Å². The van der Waals surface area contributed by atoms with Crippen LogP contribution in [0.5, 0.6) is 11.5 Å². The molecule has 2 N–H and O–H groups in total. The summed E-state index contributed by atoms with van der Waals surface area (Å²) >= 11 is 3.47. The van der Waals surface area contributed by atoms with Gasteiger partial charge in [-0.1, -0.05) is 40.7 Å². The van der Waals surface area contributed by atoms with Gasteiger partial charge in [0.1, 0.15) is 11.5 Å². The first-order valence-corrected chi connectivity index (χ1v) is 10.6. The number of hydrazine groups is 1. The van der Waals surface area contributed by atoms with Crippen LogP contribution in [0.3, 0.4) is 0 Å². The summed E-state index contributed by atoms with van der Waals surface area (Å²) in [4.78, 5) is 24.2. The number of hydrogen-bond donors (Lipinski definition) is 2. The molecule has 0 aliphatic heterocycles. The van der Waals surface area contributed by atoms with Crippen LogP contribution in [0.1, 0.15) is 50.5 Å². The monoisotopic (exact) mass is 476 g/mol. The first kappa shape index (κ1) is 23.7. The summed E-state index contributed by atoms with van der Waals surface area (Å²) < 4.78 is 11.9. The van der Waals surface area contributed by atoms with E-state index in [9.17, 15) is 9.59 Å². The summed E-state index contributed by atoms with van der Waals surface area (Å²) in [6.45, 7) is 10.9. The van der Waals surface area contributed by atoms with Crippen molar-refractivity contribution in [3.05, 3.63) is 58.1 Å². The second kappa shape index (κ2) is 10.5. The highest BCUT2D eigenvalue weighted by molar-refractivity contribution is 9.10. The Morgan fingerprint density at radius 3 is 2.23 bits per heavy atom. The molecule has 0 aliphatic carbocycles. The van der Waals surface area contributed by atoms with E-state index in [1.54, 1.807) is 24.3 Å². The number of carbonyl (C=O) groups is 2. The molecule has 0 saturated heterocycles. The van der Waals surface area contributed by atoms with Gasteiger partial charge in [0.05, 0.1) is 11.1 Å². The Morgan fingerprint density at radius 2 is 1.67 bits per heavy atom. The van der Waals surface area contributed by atoms with Crippen LogP contribution in [0.15, 0.2) is 46.9 Å². The average molecular weight is 477 g/mol. The molecule has 7 heteroatoms. The normalized spacial score (nSPS) is 11.2. The molecule has 0 radical (unpaired) electrons. The maximum atomic E-state index is 12.2. The summed E-state index contributed by atoms with van der Waals surface area (Å²) in [7, 11) is 0. The molecule has 0 atom stereocenters. The van der Waals surface area contributed by atoms with Gasteiger partial charge in [-0.25, -0.2) is 0 Å². The maximum absolute atomic E-state index is 12.2. The zero-order valence-corrected chi connectivity index (χ0v) is 19.6. The molecule has 2 aromatic rings. The third-order valence-corrected chi connectivity index (χ3v) is 4.79. The molecule has 0 aromatic heterocycles. The summed E-state index contributed by atoms with van der Waals surface area (Å²) in [6.07, 6.45) is 0. The Morgan fingerprint density at radius 1 is 1.00 bits per heavy atom. The van der Waals surface area contributed by atoms with Crippen LogP contribution in [0, 0.1) is 5.92 Å². The zero-order chi connectivity index (χ0) is 22.3. The second-order valence-corrected chi connectivity index (χ2v) is 9.27. The highest BCUT2D eigenvalue weighted by Crippen LogP contribution is 2.31. The van der Waals surface area contributed by atoms with Crippen molar-refractivity contribution < 1.29 is 19.1 Å². The molecule has 0 bridgehead atoms. The van der Waals surface area contributed by atoms with E-state index in [0.29, 0.717) is 29.6 Å². The highest BCUT2D eigenvalue weighted by Gasteiger charge is 2.16. The van der Waals surface area contributed by atoms with Gasteiger partial charge in [0.2, 0.25) is 0 Å². The van der Waals surface area contributed by atoms with Gasteiger partial charge >= 0.3 is 0 Å². The largest absolute Gasteiger partial charge is 0.493 e. The maximum Gasteiger partial charge on any atom is 0.276 e. The van der Waals surface area contributed by atoms with E-state index in [0.717, 1.165) is 10.0 Å². The fourth-order valence-electron chi connectivity index (χ4n) is 2.43. The predicted molar refractivity (Wildman–Crippen MR) is 121 cm³/mol. The van der Waals surface area contributed by atoms with Crippen molar-refractivity contribution in [2.45, 2.75) is 40.0 Å². The molecule has 2 amide bonds. The Bertz CT molecular complexity index is 874. The topological polar surface area (TPSA) is 76.7 Å². The molecular weight excluding hydrogens is 448 g/mol. The molecule has 0 spiro atoms. The van der Waals surface area contributed by atoms with E-state index in [1.807, 2.05) is 18.2 Å². The Balaban J connectivity index is 1.81. The van der Waals surface area contributed by atoms with Gasteiger partial charge in [0.25, 0.3) is 11.8 Å². The summed E-state index contributed by atoms with van der Waals surface area (Å²) in [5, 5.41) is 0. The van der Waals surface area contributed by atoms with Gasteiger partial charge in [-0.15, -0.1) is 0 Å². The van der Waals surface area contributed by atoms with Crippen LogP contribution in [0.4, 0.5) is 0 Å². The molecule has 30 heavy (non-hydrogen) atoms. The third kappa shape index (κ3) is 7.37. The summed E-state index contributed by atoms with van der Waals surface area (Å²) in [5.41, 5.74) is 6.31. The Hall–Kier alpha value is -2.54. The van der Waals surface area contributed by atoms with Crippen LogP contribution >= 0.6 is 15.9 Å². The van der Waals surface area contributed by atoms with Crippen LogP contribution in [0.25, 0.3) is 0 Å². The van der Waals surface area contributed by atoms with Crippen LogP contribution < -0.4 is 20.3 Å². The van der Waals surface area contributed by atoms with Gasteiger partial charge in [0.15, 0.2) is 6.61 Å². The minimum Gasteiger partial charge on any atom is -0.493 e. The first-order chi connectivity index (χ1) is 14.1. The van der Waals surface area contributed by atoms with Crippen molar-refractivity contribution >= 4 is 27.7 Å². The molecule has 0 saturated carbocycles. The third-order valence-electron chi connectivity index (χ3n) is 4.17. The van der Waals surface area contributed by atoms with Crippen molar-refractivity contribution in [3.8, 4) is 11.5 Å². The lowest BCUT2D eigenvalue weighted by Gasteiger charge is -2.20. The fraction of sp³-hybridized carbons (Fsp3) is 0.391. The van der Waals surface area contributed by atoms with Crippen molar-refractivity contribution in [2.24, 2.45) is 5.92 Å². The van der Waals surface area contributed by atoms with Gasteiger partial charge in [-0.2, -0.15) is 0 Å². The van der Waals surface area contributed by atoms with E-state index in [1.165, 1.54) is 0 Å². The zero-order valence-electron chi connectivity index (χ0n) is 18.0. The highest BCUT2D eigenvalue weighted by atomic mass is 79.9. The number of nitrogens with one attached hydrogen (secondary N) is 2. The molecule has 0 unspecified atom stereocenters. The molecule has 6 nitrogen and oxygen atoms in total. The minimum atomic E-state index is -0.466.